The van der Waals surface area contributed by atoms with Gasteiger partial charge in [-0.2, -0.15) is 0 Å². The first-order valence-corrected chi connectivity index (χ1v) is 5.45. The van der Waals surface area contributed by atoms with E-state index in [2.05, 4.69) is 45.7 Å². The number of rotatable bonds is 2. The van der Waals surface area contributed by atoms with Crippen LogP contribution in [0.1, 0.15) is 41.5 Å². The average Bonchev–Trinajstić information content (AvgIpc) is 1.55. The molecule has 0 heterocycles. The molecule has 0 amide bonds. The minimum Gasteiger partial charge on any atom is -0.207 e. The molecular formula is C8H19NS2. The SMILES string of the molecule is CC(C)(C)SNSC(C)(C)C. The molecule has 0 saturated heterocycles. The van der Waals surface area contributed by atoms with Gasteiger partial charge in [0, 0.05) is 9.49 Å². The van der Waals surface area contributed by atoms with E-state index in [9.17, 15) is 0 Å². The van der Waals surface area contributed by atoms with Crippen LogP contribution in [0.3, 0.4) is 0 Å². The summed E-state index contributed by atoms with van der Waals surface area (Å²) < 4.78 is 3.91. The van der Waals surface area contributed by atoms with E-state index >= 15 is 0 Å². The van der Waals surface area contributed by atoms with Gasteiger partial charge < -0.3 is 0 Å². The van der Waals surface area contributed by atoms with Crippen molar-refractivity contribution < 1.29 is 0 Å². The Kier molecular flexibility index (Phi) is 4.30. The summed E-state index contributed by atoms with van der Waals surface area (Å²) in [7, 11) is 0. The van der Waals surface area contributed by atoms with E-state index in [0.717, 1.165) is 0 Å². The molecule has 0 aliphatic heterocycles. The summed E-state index contributed by atoms with van der Waals surface area (Å²) in [6.45, 7) is 13.2. The Morgan fingerprint density at radius 3 is 1.18 bits per heavy atom. The van der Waals surface area contributed by atoms with Crippen LogP contribution in [0.25, 0.3) is 0 Å². The summed E-state index contributed by atoms with van der Waals surface area (Å²) in [5, 5.41) is 0. The normalized spacial score (nSPS) is 13.6. The molecule has 0 aliphatic rings. The first kappa shape index (κ1) is 11.7. The standard InChI is InChI=1S/C8H19NS2/c1-7(2,3)10-9-11-8(4,5)6/h9H,1-6H3. The fraction of sp³-hybridized carbons (Fsp3) is 1.00. The van der Waals surface area contributed by atoms with Crippen LogP contribution in [0.5, 0.6) is 0 Å². The van der Waals surface area contributed by atoms with Crippen LogP contribution in [0.15, 0.2) is 0 Å². The second kappa shape index (κ2) is 4.06. The molecule has 1 nitrogen and oxygen atoms in total. The molecule has 0 atom stereocenters. The van der Waals surface area contributed by atoms with Gasteiger partial charge in [-0.15, -0.1) is 0 Å². The first-order chi connectivity index (χ1) is 4.71. The molecule has 0 bridgehead atoms. The van der Waals surface area contributed by atoms with Crippen LogP contribution in [-0.4, -0.2) is 9.49 Å². The fourth-order valence-electron chi connectivity index (χ4n) is 0.271. The monoisotopic (exact) mass is 193 g/mol. The van der Waals surface area contributed by atoms with Gasteiger partial charge in [0.15, 0.2) is 0 Å². The Labute approximate surface area is 79.4 Å². The lowest BCUT2D eigenvalue weighted by atomic mass is 10.3. The van der Waals surface area contributed by atoms with Gasteiger partial charge in [-0.25, -0.2) is 4.13 Å². The van der Waals surface area contributed by atoms with E-state index in [0.29, 0.717) is 9.49 Å². The molecule has 0 unspecified atom stereocenters. The molecule has 1 N–H and O–H groups in total. The Morgan fingerprint density at radius 1 is 0.727 bits per heavy atom. The minimum absolute atomic E-state index is 0.304. The van der Waals surface area contributed by atoms with Gasteiger partial charge in [0.05, 0.1) is 0 Å². The second-order valence-corrected chi connectivity index (χ2v) is 8.04. The van der Waals surface area contributed by atoms with Crippen molar-refractivity contribution in [3.8, 4) is 0 Å². The average molecular weight is 193 g/mol. The maximum Gasteiger partial charge on any atom is 0.0228 e. The van der Waals surface area contributed by atoms with Gasteiger partial charge in [-0.05, 0) is 41.5 Å². The van der Waals surface area contributed by atoms with Gasteiger partial charge in [-0.3, -0.25) is 0 Å². The van der Waals surface area contributed by atoms with Gasteiger partial charge >= 0.3 is 0 Å². The van der Waals surface area contributed by atoms with Crippen molar-refractivity contribution in [3.63, 3.8) is 0 Å². The van der Waals surface area contributed by atoms with Crippen LogP contribution in [0, 0.1) is 0 Å². The highest BCUT2D eigenvalue weighted by Crippen LogP contribution is 2.27. The lowest BCUT2D eigenvalue weighted by molar-refractivity contribution is 0.793. The highest BCUT2D eigenvalue weighted by molar-refractivity contribution is 8.13. The molecule has 0 rings (SSSR count). The smallest absolute Gasteiger partial charge is 0.0228 e. The second-order valence-electron chi connectivity index (χ2n) is 4.51. The van der Waals surface area contributed by atoms with E-state index in [1.54, 1.807) is 23.9 Å². The van der Waals surface area contributed by atoms with Crippen LogP contribution in [0.4, 0.5) is 0 Å². The molecule has 0 aromatic carbocycles. The highest BCUT2D eigenvalue weighted by atomic mass is 32.2. The molecule has 0 spiro atoms. The molecule has 0 fully saturated rings. The van der Waals surface area contributed by atoms with Crippen LogP contribution >= 0.6 is 23.9 Å². The van der Waals surface area contributed by atoms with Crippen molar-refractivity contribution in [2.45, 2.75) is 51.0 Å². The van der Waals surface area contributed by atoms with Gasteiger partial charge in [0.1, 0.15) is 0 Å². The van der Waals surface area contributed by atoms with Crippen molar-refractivity contribution in [1.29, 1.82) is 0 Å². The lowest BCUT2D eigenvalue weighted by Crippen LogP contribution is -2.18. The molecular weight excluding hydrogens is 174 g/mol. The van der Waals surface area contributed by atoms with Crippen LogP contribution < -0.4 is 4.13 Å². The summed E-state index contributed by atoms with van der Waals surface area (Å²) in [5.74, 6) is 0. The zero-order valence-corrected chi connectivity index (χ0v) is 9.95. The third-order valence-electron chi connectivity index (χ3n) is 0.696. The Bertz CT molecular complexity index is 96.2. The van der Waals surface area contributed by atoms with E-state index in [1.807, 2.05) is 0 Å². The van der Waals surface area contributed by atoms with Crippen molar-refractivity contribution in [2.24, 2.45) is 0 Å². The third kappa shape index (κ3) is 10.7. The molecule has 68 valence electrons. The van der Waals surface area contributed by atoms with Crippen molar-refractivity contribution in [3.05, 3.63) is 0 Å². The van der Waals surface area contributed by atoms with E-state index in [1.165, 1.54) is 0 Å². The predicted octanol–water partition coefficient (Wildman–Crippen LogP) is 3.47. The van der Waals surface area contributed by atoms with E-state index < -0.39 is 0 Å². The van der Waals surface area contributed by atoms with Crippen molar-refractivity contribution in [1.82, 2.24) is 4.13 Å². The molecule has 11 heavy (non-hydrogen) atoms. The fourth-order valence-corrected chi connectivity index (χ4v) is 2.44. The lowest BCUT2D eigenvalue weighted by Gasteiger charge is -2.22. The molecule has 0 aromatic heterocycles. The Balaban J connectivity index is 3.44. The summed E-state index contributed by atoms with van der Waals surface area (Å²) in [6.07, 6.45) is 0. The highest BCUT2D eigenvalue weighted by Gasteiger charge is 2.14. The zero-order chi connectivity index (χ0) is 9.12. The minimum atomic E-state index is 0.304. The summed E-state index contributed by atoms with van der Waals surface area (Å²) in [5.41, 5.74) is 0. The summed E-state index contributed by atoms with van der Waals surface area (Å²) >= 11 is 3.55. The number of nitrogens with one attached hydrogen (secondary N) is 1. The maximum absolute atomic E-state index is 3.30. The Morgan fingerprint density at radius 2 is 1.00 bits per heavy atom. The largest absolute Gasteiger partial charge is 0.207 e. The van der Waals surface area contributed by atoms with E-state index in [-0.39, 0.29) is 0 Å². The molecule has 0 aliphatic carbocycles. The summed E-state index contributed by atoms with van der Waals surface area (Å²) in [4.78, 5) is 0. The third-order valence-corrected chi connectivity index (χ3v) is 2.59. The molecule has 3 heteroatoms. The van der Waals surface area contributed by atoms with Gasteiger partial charge in [-0.1, -0.05) is 23.9 Å². The number of hydrogen-bond donors (Lipinski definition) is 1. The maximum atomic E-state index is 3.30. The zero-order valence-electron chi connectivity index (χ0n) is 8.32. The predicted molar refractivity (Wildman–Crippen MR) is 57.8 cm³/mol. The van der Waals surface area contributed by atoms with Gasteiger partial charge in [0.2, 0.25) is 0 Å². The Hall–Kier alpha value is 0.660. The molecule has 0 saturated carbocycles. The molecule has 0 radical (unpaired) electrons. The molecule has 0 aromatic rings. The summed E-state index contributed by atoms with van der Waals surface area (Å²) in [6, 6.07) is 0. The first-order valence-electron chi connectivity index (χ1n) is 3.82. The van der Waals surface area contributed by atoms with E-state index in [4.69, 9.17) is 0 Å². The quantitative estimate of drug-likeness (QED) is 0.674. The topological polar surface area (TPSA) is 12.0 Å². The number of hydrogen-bond acceptors (Lipinski definition) is 3. The van der Waals surface area contributed by atoms with Crippen molar-refractivity contribution >= 4 is 23.9 Å². The van der Waals surface area contributed by atoms with Crippen LogP contribution in [-0.2, 0) is 0 Å². The van der Waals surface area contributed by atoms with Crippen molar-refractivity contribution in [2.75, 3.05) is 0 Å². The van der Waals surface area contributed by atoms with Crippen LogP contribution in [0.2, 0.25) is 0 Å². The van der Waals surface area contributed by atoms with Gasteiger partial charge in [0.25, 0.3) is 0 Å².